The fourth-order valence-electron chi connectivity index (χ4n) is 6.00. The maximum absolute atomic E-state index is 13.6. The van der Waals surface area contributed by atoms with Gasteiger partial charge in [0.15, 0.2) is 0 Å². The Labute approximate surface area is 240 Å². The Morgan fingerprint density at radius 2 is 1.86 bits per heavy atom. The van der Waals surface area contributed by atoms with Gasteiger partial charge in [-0.15, -0.1) is 5.10 Å². The molecule has 4 aromatic rings. The van der Waals surface area contributed by atoms with Crippen molar-refractivity contribution in [3.8, 4) is 0 Å². The first-order valence-electron chi connectivity index (χ1n) is 13.0. The van der Waals surface area contributed by atoms with Crippen LogP contribution in [0.25, 0.3) is 0 Å². The Bertz CT molecular complexity index is 1810. The lowest BCUT2D eigenvalue weighted by atomic mass is 9.87. The molecule has 2 fully saturated rings. The zero-order valence-electron chi connectivity index (χ0n) is 22.5. The predicted octanol–water partition coefficient (Wildman–Crippen LogP) is 3.36. The van der Waals surface area contributed by atoms with Gasteiger partial charge < -0.3 is 16.0 Å². The molecule has 0 bridgehead atoms. The number of hydrogen-bond acceptors (Lipinski definition) is 8. The second kappa shape index (κ2) is 10.1. The molecule has 2 aromatic carbocycles. The van der Waals surface area contributed by atoms with Crippen LogP contribution in [0.15, 0.2) is 66.0 Å². The molecule has 3 N–H and O–H groups in total. The van der Waals surface area contributed by atoms with Crippen LogP contribution in [-0.4, -0.2) is 57.9 Å². The van der Waals surface area contributed by atoms with E-state index in [4.69, 9.17) is 5.41 Å². The van der Waals surface area contributed by atoms with Crippen LogP contribution in [0.3, 0.4) is 0 Å². The molecule has 1 saturated carbocycles. The number of sulfonamides is 1. The van der Waals surface area contributed by atoms with Crippen LogP contribution in [0, 0.1) is 35.8 Å². The average Bonchev–Trinajstić information content (AvgIpc) is 3.22. The molecule has 216 valence electrons. The molecule has 1 aliphatic heterocycles. The molecule has 6 rings (SSSR count). The van der Waals surface area contributed by atoms with Crippen molar-refractivity contribution in [2.24, 2.45) is 18.9 Å². The zero-order valence-corrected chi connectivity index (χ0v) is 23.4. The van der Waals surface area contributed by atoms with E-state index in [9.17, 15) is 22.0 Å². The SMILES string of the molecule is Cc1cc(Nc2ccc(F)cc2)c(C=N)cc1[C@@]12CN(S(=O)(=O)c3cnn(C)n3)C[C@@H]1[C@H]2C(=O)Nc1ccc(F)cn1. The van der Waals surface area contributed by atoms with Crippen molar-refractivity contribution >= 4 is 39.3 Å². The number of amides is 1. The molecule has 0 radical (unpaired) electrons. The van der Waals surface area contributed by atoms with E-state index in [1.54, 1.807) is 18.2 Å². The number of fused-ring (bicyclic) bond motifs is 1. The number of rotatable bonds is 8. The summed E-state index contributed by atoms with van der Waals surface area (Å²) in [7, 11) is -2.47. The van der Waals surface area contributed by atoms with Gasteiger partial charge in [0, 0.05) is 48.7 Å². The normalized spacial score (nSPS) is 21.5. The Morgan fingerprint density at radius 3 is 2.50 bits per heavy atom. The number of aromatic nitrogens is 4. The van der Waals surface area contributed by atoms with Gasteiger partial charge in [0.05, 0.1) is 18.3 Å². The second-order valence-electron chi connectivity index (χ2n) is 10.5. The number of aryl methyl sites for hydroxylation is 2. The standard InChI is InChI=1S/C28H26F2N8O3S/c1-16-9-23(34-20-6-3-18(29)4-7-20)17(11-31)10-21(16)28-15-38(42(40,41)25-13-33-37(2)36-25)14-22(28)26(28)27(39)35-24-8-5-19(30)12-32-24/h3-13,22,26,31,34H,14-15H2,1-2H3,(H,32,35,39)/t22-,26+,28+/m1/s1. The predicted molar refractivity (Wildman–Crippen MR) is 150 cm³/mol. The molecular weight excluding hydrogens is 566 g/mol. The number of piperidine rings is 1. The van der Waals surface area contributed by atoms with Crippen molar-refractivity contribution in [3.63, 3.8) is 0 Å². The number of nitrogens with zero attached hydrogens (tertiary/aromatic N) is 5. The molecule has 11 nitrogen and oxygen atoms in total. The van der Waals surface area contributed by atoms with Crippen LogP contribution in [0.1, 0.15) is 16.7 Å². The molecule has 2 aliphatic rings. The molecule has 1 aliphatic carbocycles. The van der Waals surface area contributed by atoms with Crippen molar-refractivity contribution in [2.45, 2.75) is 17.4 Å². The first kappa shape index (κ1) is 27.6. The lowest BCUT2D eigenvalue weighted by Crippen LogP contribution is -2.37. The summed E-state index contributed by atoms with van der Waals surface area (Å²) in [4.78, 5) is 18.6. The highest BCUT2D eigenvalue weighted by molar-refractivity contribution is 7.89. The highest BCUT2D eigenvalue weighted by Gasteiger charge is 2.74. The summed E-state index contributed by atoms with van der Waals surface area (Å²) < 4.78 is 55.0. The van der Waals surface area contributed by atoms with E-state index in [1.807, 2.05) is 13.0 Å². The van der Waals surface area contributed by atoms with E-state index in [-0.39, 0.29) is 41.6 Å². The van der Waals surface area contributed by atoms with Gasteiger partial charge >= 0.3 is 0 Å². The molecule has 2 aromatic heterocycles. The van der Waals surface area contributed by atoms with Crippen molar-refractivity contribution < 1.29 is 22.0 Å². The number of nitrogens with one attached hydrogen (secondary N) is 3. The summed E-state index contributed by atoms with van der Waals surface area (Å²) in [5.74, 6) is -2.08. The van der Waals surface area contributed by atoms with Crippen molar-refractivity contribution in [1.82, 2.24) is 24.3 Å². The molecule has 1 saturated heterocycles. The Morgan fingerprint density at radius 1 is 1.12 bits per heavy atom. The summed E-state index contributed by atoms with van der Waals surface area (Å²) in [6.45, 7) is 1.94. The summed E-state index contributed by atoms with van der Waals surface area (Å²) in [5, 5.41) is 21.7. The van der Waals surface area contributed by atoms with Gasteiger partial charge in [-0.2, -0.15) is 14.2 Å². The molecule has 3 heterocycles. The van der Waals surface area contributed by atoms with E-state index in [2.05, 4.69) is 25.8 Å². The van der Waals surface area contributed by atoms with Gasteiger partial charge in [-0.25, -0.2) is 22.2 Å². The fraction of sp³-hybridized carbons (Fsp3) is 0.250. The Balaban J connectivity index is 1.37. The molecule has 0 unspecified atom stereocenters. The maximum Gasteiger partial charge on any atom is 0.264 e. The van der Waals surface area contributed by atoms with Crippen LogP contribution in [0.5, 0.6) is 0 Å². The number of pyridine rings is 1. The van der Waals surface area contributed by atoms with E-state index in [0.29, 0.717) is 16.9 Å². The lowest BCUT2D eigenvalue weighted by molar-refractivity contribution is -0.118. The summed E-state index contributed by atoms with van der Waals surface area (Å²) in [5.41, 5.74) is 2.36. The monoisotopic (exact) mass is 592 g/mol. The third-order valence-corrected chi connectivity index (χ3v) is 9.64. The second-order valence-corrected chi connectivity index (χ2v) is 12.4. The third-order valence-electron chi connectivity index (χ3n) is 7.97. The van der Waals surface area contributed by atoms with Crippen LogP contribution < -0.4 is 10.6 Å². The molecule has 1 amide bonds. The minimum Gasteiger partial charge on any atom is -0.355 e. The largest absolute Gasteiger partial charge is 0.355 e. The van der Waals surface area contributed by atoms with Gasteiger partial charge in [-0.3, -0.25) is 4.79 Å². The van der Waals surface area contributed by atoms with Crippen LogP contribution in [-0.2, 0) is 27.3 Å². The first-order chi connectivity index (χ1) is 20.0. The van der Waals surface area contributed by atoms with Crippen LogP contribution in [0.2, 0.25) is 0 Å². The molecule has 0 spiro atoms. The highest BCUT2D eigenvalue weighted by atomic mass is 32.2. The molecule has 14 heteroatoms. The highest BCUT2D eigenvalue weighted by Crippen LogP contribution is 2.65. The Kier molecular flexibility index (Phi) is 6.61. The van der Waals surface area contributed by atoms with Crippen LogP contribution in [0.4, 0.5) is 26.0 Å². The lowest BCUT2D eigenvalue weighted by Gasteiger charge is -2.25. The minimum atomic E-state index is -3.99. The fourth-order valence-corrected chi connectivity index (χ4v) is 7.41. The van der Waals surface area contributed by atoms with Crippen LogP contribution >= 0.6 is 0 Å². The van der Waals surface area contributed by atoms with E-state index >= 15 is 0 Å². The number of benzene rings is 2. The van der Waals surface area contributed by atoms with Gasteiger partial charge in [0.1, 0.15) is 17.5 Å². The summed E-state index contributed by atoms with van der Waals surface area (Å²) in [6.07, 6.45) is 3.36. The molecule has 42 heavy (non-hydrogen) atoms. The first-order valence-corrected chi connectivity index (χ1v) is 14.4. The molecule has 3 atom stereocenters. The van der Waals surface area contributed by atoms with Gasteiger partial charge in [-0.1, -0.05) is 0 Å². The van der Waals surface area contributed by atoms with Crippen molar-refractivity contribution in [3.05, 3.63) is 89.2 Å². The van der Waals surface area contributed by atoms with Crippen molar-refractivity contribution in [1.29, 1.82) is 5.41 Å². The number of carbonyl (C=O) groups is 1. The van der Waals surface area contributed by atoms with Gasteiger partial charge in [-0.05, 0) is 72.5 Å². The number of halogens is 2. The van der Waals surface area contributed by atoms with E-state index < -0.39 is 27.2 Å². The summed E-state index contributed by atoms with van der Waals surface area (Å²) in [6, 6.07) is 12.0. The number of hydrogen-bond donors (Lipinski definition) is 3. The smallest absolute Gasteiger partial charge is 0.264 e. The summed E-state index contributed by atoms with van der Waals surface area (Å²) >= 11 is 0. The quantitative estimate of drug-likeness (QED) is 0.266. The molecular formula is C28H26F2N8O3S. The number of anilines is 3. The third kappa shape index (κ3) is 4.61. The average molecular weight is 593 g/mol. The van der Waals surface area contributed by atoms with E-state index in [1.165, 1.54) is 52.8 Å². The zero-order chi connectivity index (χ0) is 29.8. The number of carbonyl (C=O) groups excluding carboxylic acids is 1. The maximum atomic E-state index is 13.6. The van der Waals surface area contributed by atoms with Gasteiger partial charge in [0.25, 0.3) is 10.0 Å². The minimum absolute atomic E-state index is 0.00846. The van der Waals surface area contributed by atoms with Crippen molar-refractivity contribution in [2.75, 3.05) is 23.7 Å². The Hall–Kier alpha value is -4.56. The van der Waals surface area contributed by atoms with E-state index in [0.717, 1.165) is 17.3 Å². The van der Waals surface area contributed by atoms with Gasteiger partial charge in [0.2, 0.25) is 10.9 Å². The topological polar surface area (TPSA) is 146 Å².